The maximum Gasteiger partial charge on any atom is 0.275 e. The van der Waals surface area contributed by atoms with Crippen LogP contribution in [0.25, 0.3) is 0 Å². The lowest BCUT2D eigenvalue weighted by atomic mass is 10.2. The highest BCUT2D eigenvalue weighted by atomic mass is 35.5. The monoisotopic (exact) mass is 310 g/mol. The third-order valence-electron chi connectivity index (χ3n) is 3.30. The molecule has 0 bridgehead atoms. The first-order valence-electron chi connectivity index (χ1n) is 7.15. The fourth-order valence-corrected chi connectivity index (χ4v) is 2.22. The van der Waals surface area contributed by atoms with E-state index in [2.05, 4.69) is 10.6 Å². The van der Waals surface area contributed by atoms with Crippen molar-refractivity contribution in [2.75, 3.05) is 20.1 Å². The van der Waals surface area contributed by atoms with Gasteiger partial charge in [0.1, 0.15) is 0 Å². The Morgan fingerprint density at radius 1 is 1.24 bits per heavy atom. The van der Waals surface area contributed by atoms with Crippen LogP contribution in [0.4, 0.5) is 0 Å². The minimum absolute atomic E-state index is 0.00824. The van der Waals surface area contributed by atoms with Crippen molar-refractivity contribution in [3.05, 3.63) is 34.9 Å². The lowest BCUT2D eigenvalue weighted by Crippen LogP contribution is -3.11. The van der Waals surface area contributed by atoms with Crippen LogP contribution in [-0.2, 0) is 16.1 Å². The highest BCUT2D eigenvalue weighted by Crippen LogP contribution is 2.18. The number of nitrogens with one attached hydrogen (secondary N) is 3. The van der Waals surface area contributed by atoms with E-state index in [1.54, 1.807) is 6.07 Å². The number of hydrogen-bond acceptors (Lipinski definition) is 2. The van der Waals surface area contributed by atoms with Crippen LogP contribution < -0.4 is 15.5 Å². The lowest BCUT2D eigenvalue weighted by Gasteiger charge is -2.13. The predicted molar refractivity (Wildman–Crippen MR) is 81.1 cm³/mol. The summed E-state index contributed by atoms with van der Waals surface area (Å²) in [5, 5.41) is 6.38. The smallest absolute Gasteiger partial charge is 0.275 e. The molecule has 2 rings (SSSR count). The van der Waals surface area contributed by atoms with Crippen LogP contribution in [0.1, 0.15) is 18.4 Å². The first-order valence-corrected chi connectivity index (χ1v) is 7.53. The van der Waals surface area contributed by atoms with Gasteiger partial charge in [0.25, 0.3) is 11.8 Å². The molecule has 21 heavy (non-hydrogen) atoms. The molecule has 2 amide bonds. The van der Waals surface area contributed by atoms with E-state index in [1.165, 1.54) is 0 Å². The summed E-state index contributed by atoms with van der Waals surface area (Å²) in [6.45, 7) is 0.985. The second-order valence-electron chi connectivity index (χ2n) is 5.52. The van der Waals surface area contributed by atoms with Crippen molar-refractivity contribution in [2.45, 2.75) is 25.4 Å². The molecular weight excluding hydrogens is 290 g/mol. The molecule has 5 nitrogen and oxygen atoms in total. The number of hydrogen-bond donors (Lipinski definition) is 3. The zero-order valence-electron chi connectivity index (χ0n) is 12.1. The van der Waals surface area contributed by atoms with Crippen molar-refractivity contribution in [3.63, 3.8) is 0 Å². The van der Waals surface area contributed by atoms with Gasteiger partial charge in [-0.3, -0.25) is 9.59 Å². The molecule has 0 spiro atoms. The standard InChI is InChI=1S/C15H20ClN3O2/c1-19(10-15(21)18-12-6-7-12)9-14(20)17-8-11-4-2-3-5-13(11)16/h2-5,12H,6-10H2,1H3,(H,17,20)(H,18,21)/p+1. The van der Waals surface area contributed by atoms with Crippen LogP contribution in [-0.4, -0.2) is 38.0 Å². The average molecular weight is 311 g/mol. The Morgan fingerprint density at radius 3 is 2.57 bits per heavy atom. The van der Waals surface area contributed by atoms with Gasteiger partial charge in [0.05, 0.1) is 7.05 Å². The number of carbonyl (C=O) groups is 2. The van der Waals surface area contributed by atoms with Crippen molar-refractivity contribution in [1.82, 2.24) is 10.6 Å². The van der Waals surface area contributed by atoms with E-state index in [1.807, 2.05) is 25.2 Å². The molecule has 1 aliphatic carbocycles. The van der Waals surface area contributed by atoms with Gasteiger partial charge in [-0.1, -0.05) is 29.8 Å². The molecule has 1 atom stereocenters. The molecule has 1 fully saturated rings. The van der Waals surface area contributed by atoms with E-state index in [0.717, 1.165) is 23.3 Å². The van der Waals surface area contributed by atoms with Gasteiger partial charge in [0.15, 0.2) is 13.1 Å². The summed E-state index contributed by atoms with van der Waals surface area (Å²) in [7, 11) is 1.83. The molecule has 1 aromatic rings. The summed E-state index contributed by atoms with van der Waals surface area (Å²) in [6, 6.07) is 7.77. The van der Waals surface area contributed by atoms with Crippen LogP contribution in [0, 0.1) is 0 Å². The van der Waals surface area contributed by atoms with Gasteiger partial charge < -0.3 is 15.5 Å². The maximum atomic E-state index is 11.8. The number of benzene rings is 1. The largest absolute Gasteiger partial charge is 0.348 e. The van der Waals surface area contributed by atoms with Gasteiger partial charge >= 0.3 is 0 Å². The Morgan fingerprint density at radius 2 is 1.90 bits per heavy atom. The zero-order chi connectivity index (χ0) is 15.2. The van der Waals surface area contributed by atoms with Crippen LogP contribution in [0.2, 0.25) is 5.02 Å². The molecule has 1 unspecified atom stereocenters. The normalized spacial score (nSPS) is 15.3. The summed E-state index contributed by atoms with van der Waals surface area (Å²) >= 11 is 6.03. The van der Waals surface area contributed by atoms with E-state index < -0.39 is 0 Å². The molecular formula is C15H21ClN3O2+. The fourth-order valence-electron chi connectivity index (χ4n) is 2.02. The SMILES string of the molecule is C[NH+](CC(=O)NCc1ccccc1Cl)CC(=O)NC1CC1. The van der Waals surface area contributed by atoms with Crippen LogP contribution in [0.15, 0.2) is 24.3 Å². The lowest BCUT2D eigenvalue weighted by molar-refractivity contribution is -0.862. The Kier molecular flexibility index (Phi) is 5.59. The number of amides is 2. The van der Waals surface area contributed by atoms with Crippen molar-refractivity contribution in [3.8, 4) is 0 Å². The molecule has 114 valence electrons. The van der Waals surface area contributed by atoms with E-state index in [0.29, 0.717) is 24.2 Å². The minimum Gasteiger partial charge on any atom is -0.348 e. The summed E-state index contributed by atoms with van der Waals surface area (Å²) in [5.41, 5.74) is 0.886. The summed E-state index contributed by atoms with van der Waals surface area (Å²) in [4.78, 5) is 24.3. The highest BCUT2D eigenvalue weighted by molar-refractivity contribution is 6.31. The third kappa shape index (κ3) is 5.73. The van der Waals surface area contributed by atoms with Gasteiger partial charge in [0, 0.05) is 17.6 Å². The molecule has 0 aliphatic heterocycles. The van der Waals surface area contributed by atoms with Crippen molar-refractivity contribution < 1.29 is 14.5 Å². The van der Waals surface area contributed by atoms with Gasteiger partial charge in [0.2, 0.25) is 0 Å². The Balaban J connectivity index is 1.68. The Bertz CT molecular complexity index is 517. The van der Waals surface area contributed by atoms with Crippen LogP contribution >= 0.6 is 11.6 Å². The number of halogens is 1. The number of quaternary nitrogens is 1. The van der Waals surface area contributed by atoms with E-state index in [9.17, 15) is 9.59 Å². The summed E-state index contributed by atoms with van der Waals surface area (Å²) in [5.74, 6) is -0.0828. The second kappa shape index (κ2) is 7.43. The van der Waals surface area contributed by atoms with E-state index in [-0.39, 0.29) is 18.4 Å². The first kappa shape index (κ1) is 15.8. The second-order valence-corrected chi connectivity index (χ2v) is 5.93. The van der Waals surface area contributed by atoms with Crippen molar-refractivity contribution in [2.24, 2.45) is 0 Å². The van der Waals surface area contributed by atoms with Crippen LogP contribution in [0.5, 0.6) is 0 Å². The van der Waals surface area contributed by atoms with E-state index in [4.69, 9.17) is 11.6 Å². The molecule has 1 saturated carbocycles. The Labute approximate surface area is 129 Å². The molecule has 0 radical (unpaired) electrons. The first-order chi connectivity index (χ1) is 10.0. The summed E-state index contributed by atoms with van der Waals surface area (Å²) in [6.07, 6.45) is 2.15. The predicted octanol–water partition coefficient (Wildman–Crippen LogP) is -0.250. The number of carbonyl (C=O) groups excluding carboxylic acids is 2. The molecule has 1 aromatic carbocycles. The molecule has 0 aromatic heterocycles. The van der Waals surface area contributed by atoms with Gasteiger partial charge in [-0.05, 0) is 24.5 Å². The van der Waals surface area contributed by atoms with Gasteiger partial charge in [-0.25, -0.2) is 0 Å². The van der Waals surface area contributed by atoms with Gasteiger partial charge in [-0.2, -0.15) is 0 Å². The van der Waals surface area contributed by atoms with Gasteiger partial charge in [-0.15, -0.1) is 0 Å². The molecule has 6 heteroatoms. The zero-order valence-corrected chi connectivity index (χ0v) is 12.9. The highest BCUT2D eigenvalue weighted by Gasteiger charge is 2.24. The Hall–Kier alpha value is -1.59. The fraction of sp³-hybridized carbons (Fsp3) is 0.467. The molecule has 0 heterocycles. The van der Waals surface area contributed by atoms with E-state index >= 15 is 0 Å². The molecule has 0 saturated heterocycles. The average Bonchev–Trinajstić information content (AvgIpc) is 3.21. The molecule has 3 N–H and O–H groups in total. The van der Waals surface area contributed by atoms with Crippen LogP contribution in [0.3, 0.4) is 0 Å². The quantitative estimate of drug-likeness (QED) is 0.650. The topological polar surface area (TPSA) is 62.6 Å². The van der Waals surface area contributed by atoms with Crippen molar-refractivity contribution >= 4 is 23.4 Å². The molecule has 1 aliphatic rings. The number of likely N-dealkylation sites (N-methyl/N-ethyl adjacent to an activating group) is 1. The van der Waals surface area contributed by atoms with Crippen molar-refractivity contribution in [1.29, 1.82) is 0 Å². The third-order valence-corrected chi connectivity index (χ3v) is 3.67. The number of rotatable bonds is 7. The minimum atomic E-state index is -0.0911. The summed E-state index contributed by atoms with van der Waals surface area (Å²) < 4.78 is 0. The maximum absolute atomic E-state index is 11.8.